The van der Waals surface area contributed by atoms with Crippen LogP contribution >= 0.6 is 0 Å². The predicted octanol–water partition coefficient (Wildman–Crippen LogP) is 3.11. The first-order valence-electron chi connectivity index (χ1n) is 6.61. The van der Waals surface area contributed by atoms with E-state index < -0.39 is 0 Å². The van der Waals surface area contributed by atoms with E-state index in [4.69, 9.17) is 0 Å². The number of rotatable bonds is 6. The number of fused-ring (bicyclic) bond motifs is 1. The summed E-state index contributed by atoms with van der Waals surface area (Å²) in [5, 5.41) is 2.54. The lowest BCUT2D eigenvalue weighted by Gasteiger charge is -2.09. The normalized spacial score (nSPS) is 11.1. The summed E-state index contributed by atoms with van der Waals surface area (Å²) in [4.78, 5) is 13.5. The first kappa shape index (κ1) is 13.8. The lowest BCUT2D eigenvalue weighted by atomic mass is 9.99. The molecule has 0 bridgehead atoms. The Bertz CT molecular complexity index is 555. The van der Waals surface area contributed by atoms with E-state index in [0.717, 1.165) is 6.42 Å². The average molecular weight is 254 g/mol. The molecule has 0 fully saturated rings. The van der Waals surface area contributed by atoms with E-state index in [1.165, 1.54) is 16.3 Å². The lowest BCUT2D eigenvalue weighted by Crippen LogP contribution is -2.21. The Balaban J connectivity index is 1.97. The van der Waals surface area contributed by atoms with Gasteiger partial charge >= 0.3 is 0 Å². The molecule has 2 rings (SSSR count). The van der Waals surface area contributed by atoms with E-state index in [2.05, 4.69) is 48.9 Å². The fourth-order valence-corrected chi connectivity index (χ4v) is 2.28. The van der Waals surface area contributed by atoms with Crippen LogP contribution in [0.15, 0.2) is 42.5 Å². The van der Waals surface area contributed by atoms with Gasteiger partial charge in [0.25, 0.3) is 0 Å². The minimum atomic E-state index is 0.269. The van der Waals surface area contributed by atoms with Gasteiger partial charge in [-0.15, -0.1) is 0 Å². The molecule has 0 heterocycles. The number of hydrogen-bond donors (Lipinski definition) is 0. The highest BCUT2D eigenvalue weighted by atomic mass is 16.1. The summed E-state index contributed by atoms with van der Waals surface area (Å²) in [6.07, 6.45) is 3.47. The number of carbonyl (C=O) groups excluding carboxylic acids is 1. The highest BCUT2D eigenvalue weighted by Gasteiger charge is 2.05. The van der Waals surface area contributed by atoms with E-state index in [9.17, 15) is 4.79 Å². The van der Waals surface area contributed by atoms with Crippen LogP contribution in [0.1, 0.15) is 12.0 Å². The predicted molar refractivity (Wildman–Crippen MR) is 80.1 cm³/mol. The summed E-state index contributed by atoms with van der Waals surface area (Å²) in [5.41, 5.74) is 1.29. The highest BCUT2D eigenvalue weighted by Crippen LogP contribution is 2.19. The van der Waals surface area contributed by atoms with Crippen LogP contribution in [-0.2, 0) is 11.2 Å². The number of carbonyl (C=O) groups is 1. The second kappa shape index (κ2) is 6.48. The number of hydrogen-bond acceptors (Lipinski definition) is 2. The summed E-state index contributed by atoms with van der Waals surface area (Å²) in [5.74, 6) is 0.269. The maximum absolute atomic E-state index is 11.6. The second-order valence-electron chi connectivity index (χ2n) is 5.11. The van der Waals surface area contributed by atoms with E-state index in [1.807, 2.05) is 19.0 Å². The van der Waals surface area contributed by atoms with Crippen molar-refractivity contribution in [3.8, 4) is 0 Å². The monoisotopic (exact) mass is 254 g/mol. The molecule has 0 atom stereocenters. The van der Waals surface area contributed by atoms with Crippen molar-refractivity contribution in [1.82, 2.24) is 4.90 Å². The Morgan fingerprint density at radius 3 is 2.63 bits per heavy atom. The topological polar surface area (TPSA) is 20.3 Å². The lowest BCUT2D eigenvalue weighted by molar-refractivity contribution is -0.119. The van der Waals surface area contributed by atoms with Crippen molar-refractivity contribution < 1.29 is 4.79 Å². The molecule has 2 aromatic rings. The molecular formula is C17H20NO. The average Bonchev–Trinajstić information content (AvgIpc) is 2.38. The van der Waals surface area contributed by atoms with Gasteiger partial charge in [0.15, 0.2) is 0 Å². The molecule has 0 saturated heterocycles. The van der Waals surface area contributed by atoms with Gasteiger partial charge in [0.2, 0.25) is 0 Å². The Morgan fingerprint density at radius 2 is 1.84 bits per heavy atom. The molecule has 2 heteroatoms. The molecular weight excluding hydrogens is 234 g/mol. The number of ketones is 1. The van der Waals surface area contributed by atoms with Crippen molar-refractivity contribution in [2.24, 2.45) is 0 Å². The fraction of sp³-hybridized carbons (Fsp3) is 0.294. The number of benzene rings is 2. The summed E-state index contributed by atoms with van der Waals surface area (Å²) >= 11 is 0. The van der Waals surface area contributed by atoms with Gasteiger partial charge in [-0.05, 0) is 43.3 Å². The third-order valence-electron chi connectivity index (χ3n) is 3.11. The van der Waals surface area contributed by atoms with Gasteiger partial charge < -0.3 is 4.90 Å². The van der Waals surface area contributed by atoms with Crippen molar-refractivity contribution in [2.45, 2.75) is 12.8 Å². The largest absolute Gasteiger partial charge is 0.302 e. The van der Waals surface area contributed by atoms with Crippen LogP contribution in [-0.4, -0.2) is 31.3 Å². The molecule has 0 spiro atoms. The zero-order valence-corrected chi connectivity index (χ0v) is 11.6. The molecule has 0 aliphatic rings. The highest BCUT2D eigenvalue weighted by molar-refractivity contribution is 5.86. The molecule has 1 radical (unpaired) electrons. The Morgan fingerprint density at radius 1 is 1.11 bits per heavy atom. The molecule has 0 N–H and O–H groups in total. The molecule has 0 unspecified atom stereocenters. The number of nitrogens with zero attached hydrogens (tertiary/aromatic N) is 1. The van der Waals surface area contributed by atoms with E-state index >= 15 is 0 Å². The van der Waals surface area contributed by atoms with Crippen molar-refractivity contribution in [2.75, 3.05) is 20.6 Å². The maximum atomic E-state index is 11.6. The molecule has 99 valence electrons. The van der Waals surface area contributed by atoms with Crippen LogP contribution in [0.25, 0.3) is 10.8 Å². The SMILES string of the molecule is CN(C)CC(=O)C[CH]Cc1cccc2ccccc12. The van der Waals surface area contributed by atoms with Gasteiger partial charge in [0, 0.05) is 6.42 Å². The molecule has 0 aromatic heterocycles. The first-order valence-corrected chi connectivity index (χ1v) is 6.61. The molecule has 0 saturated carbocycles. The third-order valence-corrected chi connectivity index (χ3v) is 3.11. The molecule has 0 aliphatic heterocycles. The van der Waals surface area contributed by atoms with E-state index in [-0.39, 0.29) is 5.78 Å². The quantitative estimate of drug-likeness (QED) is 0.789. The Kier molecular flexibility index (Phi) is 4.69. The molecule has 0 amide bonds. The second-order valence-corrected chi connectivity index (χ2v) is 5.11. The van der Waals surface area contributed by atoms with E-state index in [0.29, 0.717) is 13.0 Å². The van der Waals surface area contributed by atoms with Crippen LogP contribution in [0.4, 0.5) is 0 Å². The summed E-state index contributed by atoms with van der Waals surface area (Å²) in [6, 6.07) is 14.7. The van der Waals surface area contributed by atoms with Gasteiger partial charge in [0.05, 0.1) is 6.54 Å². The smallest absolute Gasteiger partial charge is 0.147 e. The van der Waals surface area contributed by atoms with Crippen LogP contribution in [0.3, 0.4) is 0 Å². The van der Waals surface area contributed by atoms with Gasteiger partial charge in [-0.2, -0.15) is 0 Å². The zero-order chi connectivity index (χ0) is 13.7. The van der Waals surface area contributed by atoms with Crippen LogP contribution in [0.2, 0.25) is 0 Å². The van der Waals surface area contributed by atoms with Crippen LogP contribution in [0.5, 0.6) is 0 Å². The molecule has 19 heavy (non-hydrogen) atoms. The van der Waals surface area contributed by atoms with Gasteiger partial charge in [-0.3, -0.25) is 4.79 Å². The number of likely N-dealkylation sites (N-methyl/N-ethyl adjacent to an activating group) is 1. The van der Waals surface area contributed by atoms with Gasteiger partial charge in [0.1, 0.15) is 5.78 Å². The molecule has 0 aliphatic carbocycles. The van der Waals surface area contributed by atoms with E-state index in [1.54, 1.807) is 0 Å². The molecule has 2 nitrogen and oxygen atoms in total. The van der Waals surface area contributed by atoms with Crippen molar-refractivity contribution in [3.05, 3.63) is 54.4 Å². The molecule has 2 aromatic carbocycles. The Labute approximate surface area is 115 Å². The summed E-state index contributed by atoms with van der Waals surface area (Å²) < 4.78 is 0. The van der Waals surface area contributed by atoms with Crippen molar-refractivity contribution >= 4 is 16.6 Å². The van der Waals surface area contributed by atoms with Crippen LogP contribution in [0, 0.1) is 6.42 Å². The fourth-order valence-electron chi connectivity index (χ4n) is 2.28. The number of Topliss-reactive ketones (excluding diaryl/α,β-unsaturated/α-hetero) is 1. The minimum Gasteiger partial charge on any atom is -0.302 e. The van der Waals surface area contributed by atoms with Gasteiger partial charge in [-0.1, -0.05) is 42.5 Å². The Hall–Kier alpha value is -1.67. The maximum Gasteiger partial charge on any atom is 0.147 e. The summed E-state index contributed by atoms with van der Waals surface area (Å²) in [6.45, 7) is 0.520. The zero-order valence-electron chi connectivity index (χ0n) is 11.6. The summed E-state index contributed by atoms with van der Waals surface area (Å²) in [7, 11) is 3.84. The first-order chi connectivity index (χ1) is 9.16. The van der Waals surface area contributed by atoms with Gasteiger partial charge in [-0.25, -0.2) is 0 Å². The third kappa shape index (κ3) is 3.90. The van der Waals surface area contributed by atoms with Crippen molar-refractivity contribution in [3.63, 3.8) is 0 Å². The van der Waals surface area contributed by atoms with Crippen LogP contribution < -0.4 is 0 Å². The minimum absolute atomic E-state index is 0.269. The van der Waals surface area contributed by atoms with Crippen molar-refractivity contribution in [1.29, 1.82) is 0 Å². The standard InChI is InChI=1S/C17H20NO/c1-18(2)13-16(19)11-6-10-15-9-5-8-14-7-3-4-12-17(14)15/h3-9,12H,10-11,13H2,1-2H3.